The molecule has 0 bridgehead atoms. The molecule has 0 saturated heterocycles. The number of halogens is 5. The van der Waals surface area contributed by atoms with Crippen LogP contribution in [0, 0.1) is 35.3 Å². The van der Waals surface area contributed by atoms with Crippen molar-refractivity contribution in [2.75, 3.05) is 0 Å². The van der Waals surface area contributed by atoms with Gasteiger partial charge in [0.1, 0.15) is 0 Å². The molecule has 2 aliphatic carbocycles. The van der Waals surface area contributed by atoms with Crippen LogP contribution in [0.5, 0.6) is 5.75 Å². The van der Waals surface area contributed by atoms with E-state index >= 15 is 0 Å². The third-order valence-corrected chi connectivity index (χ3v) is 7.14. The van der Waals surface area contributed by atoms with Gasteiger partial charge in [-0.3, -0.25) is 0 Å². The summed E-state index contributed by atoms with van der Waals surface area (Å²) >= 11 is 0. The van der Waals surface area contributed by atoms with E-state index in [-0.39, 0.29) is 0 Å². The van der Waals surface area contributed by atoms with Crippen LogP contribution in [-0.2, 0) is 6.42 Å². The number of ether oxygens (including phenoxy) is 1. The van der Waals surface area contributed by atoms with E-state index in [0.29, 0.717) is 17.9 Å². The molecule has 31 heavy (non-hydrogen) atoms. The summed E-state index contributed by atoms with van der Waals surface area (Å²) in [5.41, 5.74) is 0.380. The van der Waals surface area contributed by atoms with Crippen molar-refractivity contribution in [2.24, 2.45) is 23.7 Å². The molecule has 1 aromatic carbocycles. The highest BCUT2D eigenvalue weighted by Crippen LogP contribution is 2.42. The maximum atomic E-state index is 13.9. The van der Waals surface area contributed by atoms with Gasteiger partial charge in [0.15, 0.2) is 11.6 Å². The van der Waals surface area contributed by atoms with Crippen LogP contribution < -0.4 is 4.74 Å². The molecule has 0 amide bonds. The van der Waals surface area contributed by atoms with Gasteiger partial charge >= 0.3 is 6.36 Å². The first-order valence-corrected chi connectivity index (χ1v) is 11.7. The van der Waals surface area contributed by atoms with Crippen LogP contribution in [0.2, 0.25) is 0 Å². The lowest BCUT2D eigenvalue weighted by molar-refractivity contribution is -0.276. The number of benzene rings is 1. The van der Waals surface area contributed by atoms with E-state index < -0.39 is 23.7 Å². The molecular weight excluding hydrogens is 411 g/mol. The highest BCUT2D eigenvalue weighted by molar-refractivity contribution is 5.31. The fourth-order valence-electron chi connectivity index (χ4n) is 5.43. The third-order valence-electron chi connectivity index (χ3n) is 7.14. The van der Waals surface area contributed by atoms with E-state index in [2.05, 4.69) is 23.8 Å². The molecule has 0 spiro atoms. The largest absolute Gasteiger partial charge is 0.573 e. The Hall–Kier alpha value is -1.59. The first-order chi connectivity index (χ1) is 14.7. The summed E-state index contributed by atoms with van der Waals surface area (Å²) < 4.78 is 68.0. The lowest BCUT2D eigenvalue weighted by Crippen LogP contribution is -2.25. The predicted molar refractivity (Wildman–Crippen MR) is 112 cm³/mol. The zero-order valence-corrected chi connectivity index (χ0v) is 18.2. The van der Waals surface area contributed by atoms with Crippen molar-refractivity contribution in [1.82, 2.24) is 0 Å². The SMILES string of the molecule is CC/C=C/C1CCC(C2CCC(CCc3cc(F)c(OC(F)(F)F)c(F)c3)CC2)CC1. The smallest absolute Gasteiger partial charge is 0.399 e. The number of rotatable bonds is 7. The van der Waals surface area contributed by atoms with Crippen molar-refractivity contribution < 1.29 is 26.7 Å². The molecule has 6 heteroatoms. The lowest BCUT2D eigenvalue weighted by atomic mass is 9.68. The van der Waals surface area contributed by atoms with Crippen LogP contribution >= 0.6 is 0 Å². The number of hydrogen-bond acceptors (Lipinski definition) is 1. The van der Waals surface area contributed by atoms with Gasteiger partial charge in [-0.1, -0.05) is 31.9 Å². The summed E-state index contributed by atoms with van der Waals surface area (Å²) in [4.78, 5) is 0. The van der Waals surface area contributed by atoms with Crippen LogP contribution in [0.15, 0.2) is 24.3 Å². The van der Waals surface area contributed by atoms with Gasteiger partial charge in [0.2, 0.25) is 5.75 Å². The molecule has 0 unspecified atom stereocenters. The number of aryl methyl sites for hydroxylation is 1. The van der Waals surface area contributed by atoms with E-state index in [4.69, 9.17) is 0 Å². The van der Waals surface area contributed by atoms with E-state index in [1.54, 1.807) is 0 Å². The average Bonchev–Trinajstić information content (AvgIpc) is 2.73. The van der Waals surface area contributed by atoms with Gasteiger partial charge < -0.3 is 4.74 Å². The van der Waals surface area contributed by atoms with E-state index in [9.17, 15) is 22.0 Å². The molecule has 2 aliphatic rings. The van der Waals surface area contributed by atoms with Crippen LogP contribution in [-0.4, -0.2) is 6.36 Å². The second-order valence-electron chi connectivity index (χ2n) is 9.27. The minimum Gasteiger partial charge on any atom is -0.399 e. The van der Waals surface area contributed by atoms with Gasteiger partial charge in [-0.25, -0.2) is 8.78 Å². The van der Waals surface area contributed by atoms with Crippen LogP contribution in [0.1, 0.15) is 76.7 Å². The molecule has 2 saturated carbocycles. The molecule has 1 nitrogen and oxygen atoms in total. The van der Waals surface area contributed by atoms with Crippen LogP contribution in [0.3, 0.4) is 0 Å². The molecule has 1 aromatic rings. The Morgan fingerprint density at radius 2 is 1.45 bits per heavy atom. The van der Waals surface area contributed by atoms with Crippen molar-refractivity contribution >= 4 is 0 Å². The summed E-state index contributed by atoms with van der Waals surface area (Å²) in [7, 11) is 0. The normalized spacial score (nSPS) is 27.5. The summed E-state index contributed by atoms with van der Waals surface area (Å²) in [5, 5.41) is 0. The average molecular weight is 445 g/mol. The van der Waals surface area contributed by atoms with Gasteiger partial charge in [-0.15, -0.1) is 13.2 Å². The summed E-state index contributed by atoms with van der Waals surface area (Å²) in [5.74, 6) is -1.10. The van der Waals surface area contributed by atoms with Gasteiger partial charge in [-0.05, 0) is 99.2 Å². The Kier molecular flexibility index (Phi) is 8.40. The van der Waals surface area contributed by atoms with Crippen molar-refractivity contribution in [1.29, 1.82) is 0 Å². The fraction of sp³-hybridized carbons (Fsp3) is 0.680. The van der Waals surface area contributed by atoms with E-state index in [1.165, 1.54) is 38.5 Å². The molecule has 0 N–H and O–H groups in total. The Morgan fingerprint density at radius 3 is 1.97 bits per heavy atom. The van der Waals surface area contributed by atoms with E-state index in [0.717, 1.165) is 55.6 Å². The monoisotopic (exact) mass is 444 g/mol. The topological polar surface area (TPSA) is 9.23 Å². The second-order valence-corrected chi connectivity index (χ2v) is 9.27. The third kappa shape index (κ3) is 7.21. The Morgan fingerprint density at radius 1 is 0.903 bits per heavy atom. The Bertz CT molecular complexity index is 703. The maximum absolute atomic E-state index is 13.9. The Labute approximate surface area is 182 Å². The molecule has 0 radical (unpaired) electrons. The van der Waals surface area contributed by atoms with E-state index in [1.807, 2.05) is 0 Å². The molecule has 0 aromatic heterocycles. The summed E-state index contributed by atoms with van der Waals surface area (Å²) in [6.45, 7) is 2.17. The minimum absolute atomic E-state index is 0.380. The molecule has 0 heterocycles. The van der Waals surface area contributed by atoms with Crippen LogP contribution in [0.25, 0.3) is 0 Å². The molecule has 2 fully saturated rings. The fourth-order valence-corrected chi connectivity index (χ4v) is 5.43. The molecular formula is C25H33F5O. The standard InChI is InChI=1S/C25H33F5O/c1-2-3-4-17-7-11-20(12-8-17)21-13-9-18(10-14-21)5-6-19-15-22(26)24(23(27)16-19)31-25(28,29)30/h3-4,15-18,20-21H,2,5-14H2,1H3/b4-3+. The molecule has 0 atom stereocenters. The lowest BCUT2D eigenvalue weighted by Gasteiger charge is -2.37. The van der Waals surface area contributed by atoms with Crippen molar-refractivity contribution in [2.45, 2.75) is 83.9 Å². The van der Waals surface area contributed by atoms with Gasteiger partial charge in [0, 0.05) is 0 Å². The summed E-state index contributed by atoms with van der Waals surface area (Å²) in [6, 6.07) is 1.92. The Balaban J connectivity index is 1.43. The van der Waals surface area contributed by atoms with Crippen molar-refractivity contribution in [3.63, 3.8) is 0 Å². The first kappa shape index (κ1) is 24.1. The molecule has 0 aliphatic heterocycles. The summed E-state index contributed by atoms with van der Waals surface area (Å²) in [6.07, 6.45) is 11.8. The number of hydrogen-bond donors (Lipinski definition) is 0. The first-order valence-electron chi connectivity index (χ1n) is 11.7. The molecule has 174 valence electrons. The zero-order valence-electron chi connectivity index (χ0n) is 18.2. The zero-order chi connectivity index (χ0) is 22.4. The van der Waals surface area contributed by atoms with Gasteiger partial charge in [0.05, 0.1) is 0 Å². The maximum Gasteiger partial charge on any atom is 0.573 e. The van der Waals surface area contributed by atoms with Crippen molar-refractivity contribution in [3.05, 3.63) is 41.5 Å². The highest BCUT2D eigenvalue weighted by Gasteiger charge is 2.34. The van der Waals surface area contributed by atoms with Crippen LogP contribution in [0.4, 0.5) is 22.0 Å². The predicted octanol–water partition coefficient (Wildman–Crippen LogP) is 8.38. The molecule has 3 rings (SSSR count). The quantitative estimate of drug-likeness (QED) is 0.303. The van der Waals surface area contributed by atoms with Gasteiger partial charge in [0.25, 0.3) is 0 Å². The van der Waals surface area contributed by atoms with Crippen molar-refractivity contribution in [3.8, 4) is 5.75 Å². The number of allylic oxidation sites excluding steroid dienone is 2. The minimum atomic E-state index is -5.12. The second kappa shape index (κ2) is 10.8. The number of alkyl halides is 3. The van der Waals surface area contributed by atoms with Gasteiger partial charge in [-0.2, -0.15) is 0 Å². The highest BCUT2D eigenvalue weighted by atomic mass is 19.4.